The number of H-pyrrole nitrogens is 1. The molecule has 4 heteroatoms. The Labute approximate surface area is 69.1 Å². The summed E-state index contributed by atoms with van der Waals surface area (Å²) in [7, 11) is 0. The summed E-state index contributed by atoms with van der Waals surface area (Å²) in [5, 5.41) is 0.898. The molecule has 0 atom stereocenters. The molecule has 0 aliphatic carbocycles. The van der Waals surface area contributed by atoms with E-state index in [0.29, 0.717) is 0 Å². The van der Waals surface area contributed by atoms with Crippen LogP contribution in [0.3, 0.4) is 0 Å². The SMILES string of the molecule is CCSc1nccc(=S)[nH]1. The van der Waals surface area contributed by atoms with Crippen LogP contribution in [0.2, 0.25) is 0 Å². The highest BCUT2D eigenvalue weighted by molar-refractivity contribution is 7.99. The van der Waals surface area contributed by atoms with Crippen molar-refractivity contribution in [3.8, 4) is 0 Å². The van der Waals surface area contributed by atoms with Gasteiger partial charge in [0.1, 0.15) is 4.64 Å². The number of aromatic nitrogens is 2. The van der Waals surface area contributed by atoms with Gasteiger partial charge < -0.3 is 4.98 Å². The lowest BCUT2D eigenvalue weighted by atomic mass is 10.7. The molecule has 2 nitrogen and oxygen atoms in total. The summed E-state index contributed by atoms with van der Waals surface area (Å²) in [6.45, 7) is 2.08. The minimum absolute atomic E-state index is 0.742. The predicted molar refractivity (Wildman–Crippen MR) is 45.8 cm³/mol. The standard InChI is InChI=1S/C6H8N2S2/c1-2-10-6-7-4-3-5(9)8-6/h3-4H,2H2,1H3,(H,7,8,9). The molecule has 0 aliphatic rings. The second-order valence-electron chi connectivity index (χ2n) is 1.67. The number of rotatable bonds is 2. The maximum Gasteiger partial charge on any atom is 0.166 e. The van der Waals surface area contributed by atoms with Gasteiger partial charge in [0.25, 0.3) is 0 Å². The molecule has 0 amide bonds. The lowest BCUT2D eigenvalue weighted by Crippen LogP contribution is -1.84. The Kier molecular flexibility index (Phi) is 2.89. The van der Waals surface area contributed by atoms with Crippen molar-refractivity contribution in [2.24, 2.45) is 0 Å². The van der Waals surface area contributed by atoms with E-state index in [4.69, 9.17) is 12.2 Å². The number of nitrogens with one attached hydrogen (secondary N) is 1. The van der Waals surface area contributed by atoms with Gasteiger partial charge in [-0.1, -0.05) is 30.9 Å². The van der Waals surface area contributed by atoms with E-state index in [1.165, 1.54) is 0 Å². The second kappa shape index (κ2) is 3.73. The fourth-order valence-electron chi connectivity index (χ4n) is 0.562. The summed E-state index contributed by atoms with van der Waals surface area (Å²) in [5.41, 5.74) is 0. The van der Waals surface area contributed by atoms with Gasteiger partial charge in [0, 0.05) is 6.20 Å². The minimum Gasteiger partial charge on any atom is -0.326 e. The quantitative estimate of drug-likeness (QED) is 0.421. The highest BCUT2D eigenvalue weighted by atomic mass is 32.2. The van der Waals surface area contributed by atoms with Crippen molar-refractivity contribution in [1.82, 2.24) is 9.97 Å². The van der Waals surface area contributed by atoms with Crippen LogP contribution in [0, 0.1) is 4.64 Å². The highest BCUT2D eigenvalue weighted by Crippen LogP contribution is 2.09. The van der Waals surface area contributed by atoms with Gasteiger partial charge in [0.15, 0.2) is 5.16 Å². The summed E-state index contributed by atoms with van der Waals surface area (Å²) >= 11 is 6.56. The Morgan fingerprint density at radius 2 is 2.60 bits per heavy atom. The van der Waals surface area contributed by atoms with E-state index in [0.717, 1.165) is 15.5 Å². The molecule has 10 heavy (non-hydrogen) atoms. The van der Waals surface area contributed by atoms with Crippen molar-refractivity contribution in [2.45, 2.75) is 12.1 Å². The average Bonchev–Trinajstić information content (AvgIpc) is 1.88. The maximum absolute atomic E-state index is 4.90. The van der Waals surface area contributed by atoms with Gasteiger partial charge in [0.05, 0.1) is 0 Å². The molecule has 0 saturated heterocycles. The van der Waals surface area contributed by atoms with E-state index in [9.17, 15) is 0 Å². The van der Waals surface area contributed by atoms with E-state index in [2.05, 4.69) is 16.9 Å². The molecule has 1 aromatic heterocycles. The van der Waals surface area contributed by atoms with Gasteiger partial charge >= 0.3 is 0 Å². The maximum atomic E-state index is 4.90. The minimum atomic E-state index is 0.742. The molecule has 0 saturated carbocycles. The Morgan fingerprint density at radius 3 is 3.20 bits per heavy atom. The predicted octanol–water partition coefficient (Wildman–Crippen LogP) is 2.25. The van der Waals surface area contributed by atoms with Crippen LogP contribution in [-0.4, -0.2) is 15.7 Å². The Morgan fingerprint density at radius 1 is 1.80 bits per heavy atom. The van der Waals surface area contributed by atoms with Gasteiger partial charge in [-0.05, 0) is 11.8 Å². The van der Waals surface area contributed by atoms with Crippen molar-refractivity contribution in [2.75, 3.05) is 5.75 Å². The van der Waals surface area contributed by atoms with Gasteiger partial charge in [-0.25, -0.2) is 4.98 Å². The molecule has 0 aliphatic heterocycles. The fourth-order valence-corrected chi connectivity index (χ4v) is 1.38. The van der Waals surface area contributed by atoms with Crippen molar-refractivity contribution in [3.05, 3.63) is 16.9 Å². The normalized spacial score (nSPS) is 9.70. The third kappa shape index (κ3) is 2.11. The lowest BCUT2D eigenvalue weighted by Gasteiger charge is -1.94. The summed E-state index contributed by atoms with van der Waals surface area (Å²) in [6.07, 6.45) is 1.72. The fraction of sp³-hybridized carbons (Fsp3) is 0.333. The van der Waals surface area contributed by atoms with E-state index >= 15 is 0 Å². The lowest BCUT2D eigenvalue weighted by molar-refractivity contribution is 0.957. The van der Waals surface area contributed by atoms with Crippen LogP contribution in [0.5, 0.6) is 0 Å². The summed E-state index contributed by atoms with van der Waals surface area (Å²) in [4.78, 5) is 7.04. The molecule has 54 valence electrons. The number of hydrogen-bond donors (Lipinski definition) is 1. The Balaban J connectivity index is 2.85. The molecule has 0 radical (unpaired) electrons. The zero-order valence-electron chi connectivity index (χ0n) is 5.63. The second-order valence-corrected chi connectivity index (χ2v) is 3.36. The van der Waals surface area contributed by atoms with Crippen LogP contribution in [-0.2, 0) is 0 Å². The van der Waals surface area contributed by atoms with Crippen LogP contribution in [0.25, 0.3) is 0 Å². The van der Waals surface area contributed by atoms with Gasteiger partial charge in [0.2, 0.25) is 0 Å². The van der Waals surface area contributed by atoms with Crippen LogP contribution < -0.4 is 0 Å². The van der Waals surface area contributed by atoms with Crippen molar-refractivity contribution < 1.29 is 0 Å². The van der Waals surface area contributed by atoms with Gasteiger partial charge in [-0.15, -0.1) is 0 Å². The summed E-state index contributed by atoms with van der Waals surface area (Å²) in [5.74, 6) is 1.02. The van der Waals surface area contributed by atoms with Crippen LogP contribution >= 0.6 is 24.0 Å². The van der Waals surface area contributed by atoms with E-state index in [1.54, 1.807) is 24.0 Å². The summed E-state index contributed by atoms with van der Waals surface area (Å²) < 4.78 is 0.742. The average molecular weight is 172 g/mol. The summed E-state index contributed by atoms with van der Waals surface area (Å²) in [6, 6.07) is 1.77. The van der Waals surface area contributed by atoms with Crippen LogP contribution in [0.4, 0.5) is 0 Å². The highest BCUT2D eigenvalue weighted by Gasteiger charge is 1.89. The van der Waals surface area contributed by atoms with Gasteiger partial charge in [-0.2, -0.15) is 0 Å². The number of aromatic amines is 1. The number of thioether (sulfide) groups is 1. The monoisotopic (exact) mass is 172 g/mol. The van der Waals surface area contributed by atoms with E-state index in [1.807, 2.05) is 0 Å². The van der Waals surface area contributed by atoms with Crippen LogP contribution in [0.15, 0.2) is 17.4 Å². The third-order valence-electron chi connectivity index (χ3n) is 0.929. The molecule has 0 unspecified atom stereocenters. The first-order chi connectivity index (χ1) is 4.83. The molecule has 1 N–H and O–H groups in total. The zero-order chi connectivity index (χ0) is 7.40. The van der Waals surface area contributed by atoms with Crippen molar-refractivity contribution >= 4 is 24.0 Å². The number of nitrogens with zero attached hydrogens (tertiary/aromatic N) is 1. The smallest absolute Gasteiger partial charge is 0.166 e. The van der Waals surface area contributed by atoms with Crippen molar-refractivity contribution in [3.63, 3.8) is 0 Å². The molecule has 1 aromatic rings. The number of hydrogen-bond acceptors (Lipinski definition) is 3. The molecule has 1 heterocycles. The first-order valence-electron chi connectivity index (χ1n) is 3.01. The third-order valence-corrected chi connectivity index (χ3v) is 1.94. The molecular formula is C6H8N2S2. The molecule has 0 fully saturated rings. The molecule has 0 spiro atoms. The van der Waals surface area contributed by atoms with Crippen LogP contribution in [0.1, 0.15) is 6.92 Å². The topological polar surface area (TPSA) is 28.7 Å². The largest absolute Gasteiger partial charge is 0.326 e. The zero-order valence-corrected chi connectivity index (χ0v) is 7.26. The van der Waals surface area contributed by atoms with Gasteiger partial charge in [-0.3, -0.25) is 0 Å². The molecule has 0 aromatic carbocycles. The van der Waals surface area contributed by atoms with E-state index < -0.39 is 0 Å². The molecular weight excluding hydrogens is 164 g/mol. The molecule has 1 rings (SSSR count). The van der Waals surface area contributed by atoms with Crippen molar-refractivity contribution in [1.29, 1.82) is 0 Å². The Hall–Kier alpha value is -0.350. The van der Waals surface area contributed by atoms with E-state index in [-0.39, 0.29) is 0 Å². The first-order valence-corrected chi connectivity index (χ1v) is 4.40. The molecule has 0 bridgehead atoms. The Bertz CT molecular complexity index is 256. The first kappa shape index (κ1) is 7.75.